The summed E-state index contributed by atoms with van der Waals surface area (Å²) in [5, 5.41) is 5.59. The van der Waals surface area contributed by atoms with E-state index in [2.05, 4.69) is 5.10 Å². The van der Waals surface area contributed by atoms with Crippen LogP contribution in [0.1, 0.15) is 40.2 Å². The topological polar surface area (TPSA) is 41.9 Å². The zero-order valence-corrected chi connectivity index (χ0v) is 12.3. The largest absolute Gasteiger partial charge is 0.442 e. The summed E-state index contributed by atoms with van der Waals surface area (Å²) in [7, 11) is 0. The van der Waals surface area contributed by atoms with Crippen LogP contribution in [0.4, 0.5) is 4.79 Å². The van der Waals surface area contributed by atoms with Gasteiger partial charge >= 0.3 is 6.09 Å². The molecule has 0 heterocycles. The number of hydrogen-bond donors (Lipinski definition) is 0. The fourth-order valence-electron chi connectivity index (χ4n) is 1.45. The van der Waals surface area contributed by atoms with Gasteiger partial charge in [0.1, 0.15) is 5.60 Å². The summed E-state index contributed by atoms with van der Waals surface area (Å²) in [5.41, 5.74) is 1.29. The summed E-state index contributed by atoms with van der Waals surface area (Å²) in [4.78, 5) is 12.1. The summed E-state index contributed by atoms with van der Waals surface area (Å²) in [6, 6.07) is 9.72. The van der Waals surface area contributed by atoms with Gasteiger partial charge in [0.05, 0.1) is 6.54 Å². The highest BCUT2D eigenvalue weighted by atomic mass is 16.6. The molecule has 1 amide bonds. The molecule has 0 saturated heterocycles. The fraction of sp³-hybridized carbons (Fsp3) is 0.467. The molecule has 0 atom stereocenters. The Kier molecular flexibility index (Phi) is 5.10. The number of ether oxygens (including phenoxy) is 1. The first-order chi connectivity index (χ1) is 8.78. The predicted molar refractivity (Wildman–Crippen MR) is 77.0 cm³/mol. The Morgan fingerprint density at radius 2 is 1.79 bits per heavy atom. The minimum Gasteiger partial charge on any atom is -0.442 e. The van der Waals surface area contributed by atoms with Gasteiger partial charge in [0.25, 0.3) is 0 Å². The lowest BCUT2D eigenvalue weighted by Gasteiger charge is -2.24. The molecule has 4 heteroatoms. The number of hydrogen-bond acceptors (Lipinski definition) is 3. The van der Waals surface area contributed by atoms with E-state index in [1.54, 1.807) is 0 Å². The van der Waals surface area contributed by atoms with E-state index < -0.39 is 11.7 Å². The van der Waals surface area contributed by atoms with Crippen molar-refractivity contribution in [3.05, 3.63) is 35.9 Å². The predicted octanol–water partition coefficient (Wildman–Crippen LogP) is 3.82. The van der Waals surface area contributed by atoms with Crippen molar-refractivity contribution in [1.29, 1.82) is 0 Å². The molecule has 4 nitrogen and oxygen atoms in total. The first-order valence-electron chi connectivity index (χ1n) is 6.34. The van der Waals surface area contributed by atoms with Crippen molar-refractivity contribution in [2.45, 2.75) is 46.8 Å². The molecule has 104 valence electrons. The van der Waals surface area contributed by atoms with Crippen molar-refractivity contribution < 1.29 is 9.53 Å². The van der Waals surface area contributed by atoms with Crippen LogP contribution >= 0.6 is 0 Å². The third kappa shape index (κ3) is 6.04. The van der Waals surface area contributed by atoms with Crippen molar-refractivity contribution in [3.63, 3.8) is 0 Å². The smallest absolute Gasteiger partial charge is 0.431 e. The van der Waals surface area contributed by atoms with Gasteiger partial charge in [-0.1, -0.05) is 30.3 Å². The van der Waals surface area contributed by atoms with E-state index in [4.69, 9.17) is 4.74 Å². The van der Waals surface area contributed by atoms with Gasteiger partial charge in [-0.2, -0.15) is 10.1 Å². The average molecular weight is 262 g/mol. The van der Waals surface area contributed by atoms with Crippen LogP contribution in [0.25, 0.3) is 0 Å². The minimum absolute atomic E-state index is 0.404. The van der Waals surface area contributed by atoms with Gasteiger partial charge in [-0.05, 0) is 40.2 Å². The maximum absolute atomic E-state index is 12.1. The van der Waals surface area contributed by atoms with Gasteiger partial charge in [0.15, 0.2) is 0 Å². The molecule has 0 unspecified atom stereocenters. The van der Waals surface area contributed by atoms with Gasteiger partial charge in [0, 0.05) is 5.71 Å². The monoisotopic (exact) mass is 262 g/mol. The molecule has 0 N–H and O–H groups in total. The maximum Gasteiger partial charge on any atom is 0.431 e. The van der Waals surface area contributed by atoms with Crippen molar-refractivity contribution >= 4 is 11.8 Å². The van der Waals surface area contributed by atoms with Crippen LogP contribution in [-0.2, 0) is 11.3 Å². The molecule has 0 aliphatic carbocycles. The first-order valence-corrected chi connectivity index (χ1v) is 6.34. The summed E-state index contributed by atoms with van der Waals surface area (Å²) < 4.78 is 5.35. The van der Waals surface area contributed by atoms with Crippen molar-refractivity contribution in [2.24, 2.45) is 5.10 Å². The van der Waals surface area contributed by atoms with Gasteiger partial charge < -0.3 is 4.74 Å². The van der Waals surface area contributed by atoms with Crippen LogP contribution in [0, 0.1) is 0 Å². The second-order valence-electron chi connectivity index (χ2n) is 5.57. The molecular weight excluding hydrogens is 240 g/mol. The van der Waals surface area contributed by atoms with Crippen LogP contribution in [0.2, 0.25) is 0 Å². The van der Waals surface area contributed by atoms with Gasteiger partial charge in [-0.3, -0.25) is 0 Å². The Balaban J connectivity index is 2.84. The Morgan fingerprint density at radius 1 is 1.21 bits per heavy atom. The zero-order valence-electron chi connectivity index (χ0n) is 12.3. The van der Waals surface area contributed by atoms with Crippen LogP contribution in [-0.4, -0.2) is 22.4 Å². The first kappa shape index (κ1) is 15.2. The Morgan fingerprint density at radius 3 is 2.26 bits per heavy atom. The number of hydrazone groups is 1. The standard InChI is InChI=1S/C15H22N2O2/c1-12(2)16-17(14(18)19-15(3,4)5)11-13-9-7-6-8-10-13/h6-10H,11H2,1-5H3. The number of nitrogens with zero attached hydrogens (tertiary/aromatic N) is 2. The van der Waals surface area contributed by atoms with Crippen LogP contribution in [0.15, 0.2) is 35.4 Å². The third-order valence-electron chi connectivity index (χ3n) is 2.10. The van der Waals surface area contributed by atoms with E-state index in [9.17, 15) is 4.79 Å². The maximum atomic E-state index is 12.1. The van der Waals surface area contributed by atoms with Crippen molar-refractivity contribution in [1.82, 2.24) is 5.01 Å². The van der Waals surface area contributed by atoms with E-state index in [0.717, 1.165) is 11.3 Å². The summed E-state index contributed by atoms with van der Waals surface area (Å²) in [6.45, 7) is 9.63. The van der Waals surface area contributed by atoms with E-state index in [-0.39, 0.29) is 0 Å². The number of rotatable bonds is 3. The molecule has 0 aromatic heterocycles. The summed E-state index contributed by atoms with van der Waals surface area (Å²) >= 11 is 0. The highest BCUT2D eigenvalue weighted by Crippen LogP contribution is 2.13. The second kappa shape index (κ2) is 6.36. The lowest BCUT2D eigenvalue weighted by Crippen LogP contribution is -2.33. The molecular formula is C15H22N2O2. The fourth-order valence-corrected chi connectivity index (χ4v) is 1.45. The normalized spacial score (nSPS) is 10.8. The van der Waals surface area contributed by atoms with Crippen LogP contribution in [0.5, 0.6) is 0 Å². The number of carbonyl (C=O) groups excluding carboxylic acids is 1. The van der Waals surface area contributed by atoms with Gasteiger partial charge in [-0.15, -0.1) is 0 Å². The molecule has 0 bridgehead atoms. The Labute approximate surface area is 115 Å². The zero-order chi connectivity index (χ0) is 14.5. The molecule has 0 saturated carbocycles. The molecule has 1 aromatic carbocycles. The lowest BCUT2D eigenvalue weighted by molar-refractivity contribution is 0.0238. The number of benzene rings is 1. The Bertz CT molecular complexity index is 443. The van der Waals surface area contributed by atoms with E-state index in [1.165, 1.54) is 5.01 Å². The van der Waals surface area contributed by atoms with Gasteiger partial charge in [-0.25, -0.2) is 4.79 Å². The quantitative estimate of drug-likeness (QED) is 0.614. The second-order valence-corrected chi connectivity index (χ2v) is 5.57. The molecule has 0 radical (unpaired) electrons. The third-order valence-corrected chi connectivity index (χ3v) is 2.10. The SMILES string of the molecule is CC(C)=NN(Cc1ccccc1)C(=O)OC(C)(C)C. The van der Waals surface area contributed by atoms with Crippen LogP contribution < -0.4 is 0 Å². The molecule has 1 rings (SSSR count). The highest BCUT2D eigenvalue weighted by molar-refractivity contribution is 5.80. The number of amides is 1. The molecule has 0 aliphatic heterocycles. The molecule has 0 aliphatic rings. The van der Waals surface area contributed by atoms with E-state index in [1.807, 2.05) is 65.0 Å². The summed E-state index contributed by atoms with van der Waals surface area (Å²) in [6.07, 6.45) is -0.433. The van der Waals surface area contributed by atoms with E-state index >= 15 is 0 Å². The van der Waals surface area contributed by atoms with Gasteiger partial charge in [0.2, 0.25) is 0 Å². The lowest BCUT2D eigenvalue weighted by atomic mass is 10.2. The van der Waals surface area contributed by atoms with E-state index in [0.29, 0.717) is 6.54 Å². The average Bonchev–Trinajstić information content (AvgIpc) is 2.26. The van der Waals surface area contributed by atoms with Crippen LogP contribution in [0.3, 0.4) is 0 Å². The highest BCUT2D eigenvalue weighted by Gasteiger charge is 2.22. The Hall–Kier alpha value is -1.84. The molecule has 1 aromatic rings. The van der Waals surface area contributed by atoms with Crippen molar-refractivity contribution in [2.75, 3.05) is 0 Å². The molecule has 0 fully saturated rings. The summed E-state index contributed by atoms with van der Waals surface area (Å²) in [5.74, 6) is 0. The minimum atomic E-state index is -0.525. The molecule has 19 heavy (non-hydrogen) atoms. The number of carbonyl (C=O) groups is 1. The van der Waals surface area contributed by atoms with Crippen molar-refractivity contribution in [3.8, 4) is 0 Å². The molecule has 0 spiro atoms.